The van der Waals surface area contributed by atoms with Gasteiger partial charge in [0.05, 0.1) is 7.11 Å². The molecule has 0 unspecified atom stereocenters. The zero-order valence-corrected chi connectivity index (χ0v) is 7.52. The minimum Gasteiger partial charge on any atom is -0.306 e. The van der Waals surface area contributed by atoms with E-state index in [2.05, 4.69) is 15.1 Å². The summed E-state index contributed by atoms with van der Waals surface area (Å²) in [5, 5.41) is 3.71. The fourth-order valence-corrected chi connectivity index (χ4v) is 0.720. The fraction of sp³-hybridized carbons (Fsp3) is 0.250. The van der Waals surface area contributed by atoms with Crippen molar-refractivity contribution in [2.45, 2.75) is 0 Å². The van der Waals surface area contributed by atoms with Crippen LogP contribution in [-0.4, -0.2) is 30.2 Å². The summed E-state index contributed by atoms with van der Waals surface area (Å²) in [5.74, 6) is 0. The molecule has 0 aromatic carbocycles. The first-order valence-electron chi connectivity index (χ1n) is 3.73. The third kappa shape index (κ3) is 2.72. The molecule has 5 heteroatoms. The van der Waals surface area contributed by atoms with Crippen molar-refractivity contribution in [3.8, 4) is 0 Å². The minimum atomic E-state index is -0.325. The molecule has 1 heterocycles. The van der Waals surface area contributed by atoms with Gasteiger partial charge in [0.15, 0.2) is 0 Å². The number of aromatic nitrogens is 1. The summed E-state index contributed by atoms with van der Waals surface area (Å²) >= 11 is 0. The van der Waals surface area contributed by atoms with Crippen molar-refractivity contribution in [1.82, 2.24) is 10.0 Å². The van der Waals surface area contributed by atoms with E-state index in [1.165, 1.54) is 14.2 Å². The maximum absolute atomic E-state index is 11.2. The van der Waals surface area contributed by atoms with Crippen LogP contribution in [-0.2, 0) is 4.84 Å². The number of anilines is 1. The molecule has 0 atom stereocenters. The number of hydroxylamine groups is 2. The third-order valence-electron chi connectivity index (χ3n) is 1.49. The van der Waals surface area contributed by atoms with Gasteiger partial charge in [0.1, 0.15) is 0 Å². The van der Waals surface area contributed by atoms with Crippen LogP contribution in [0, 0.1) is 0 Å². The highest BCUT2D eigenvalue weighted by Gasteiger charge is 2.06. The monoisotopic (exact) mass is 181 g/mol. The van der Waals surface area contributed by atoms with Gasteiger partial charge in [-0.25, -0.2) is 9.86 Å². The Kier molecular flexibility index (Phi) is 3.22. The number of carbonyl (C=O) groups excluding carboxylic acids is 1. The average molecular weight is 181 g/mol. The third-order valence-corrected chi connectivity index (χ3v) is 1.49. The van der Waals surface area contributed by atoms with Gasteiger partial charge in [-0.05, 0) is 12.1 Å². The second-order valence-electron chi connectivity index (χ2n) is 2.35. The Balaban J connectivity index is 2.55. The highest BCUT2D eigenvalue weighted by molar-refractivity contribution is 5.88. The highest BCUT2D eigenvalue weighted by atomic mass is 16.7. The van der Waals surface area contributed by atoms with E-state index >= 15 is 0 Å². The zero-order chi connectivity index (χ0) is 9.68. The molecule has 0 aliphatic heterocycles. The second kappa shape index (κ2) is 4.42. The maximum atomic E-state index is 11.2. The van der Waals surface area contributed by atoms with E-state index in [1.54, 1.807) is 24.5 Å². The van der Waals surface area contributed by atoms with Crippen molar-refractivity contribution in [2.75, 3.05) is 19.5 Å². The SMILES string of the molecule is CON(C)C(=O)Nc1ccncc1. The second-order valence-corrected chi connectivity index (χ2v) is 2.35. The molecule has 1 N–H and O–H groups in total. The van der Waals surface area contributed by atoms with Crippen LogP contribution in [0.25, 0.3) is 0 Å². The largest absolute Gasteiger partial charge is 0.345 e. The van der Waals surface area contributed by atoms with Crippen LogP contribution in [0.2, 0.25) is 0 Å². The van der Waals surface area contributed by atoms with Gasteiger partial charge in [0.25, 0.3) is 0 Å². The van der Waals surface area contributed by atoms with Crippen molar-refractivity contribution in [2.24, 2.45) is 0 Å². The Hall–Kier alpha value is -1.62. The van der Waals surface area contributed by atoms with Gasteiger partial charge in [-0.3, -0.25) is 9.82 Å². The normalized spacial score (nSPS) is 9.38. The molecule has 0 fully saturated rings. The van der Waals surface area contributed by atoms with Crippen molar-refractivity contribution < 1.29 is 9.63 Å². The number of carbonyl (C=O) groups is 1. The van der Waals surface area contributed by atoms with Crippen LogP contribution in [0.4, 0.5) is 10.5 Å². The first-order valence-corrected chi connectivity index (χ1v) is 3.73. The Morgan fingerprint density at radius 1 is 1.54 bits per heavy atom. The van der Waals surface area contributed by atoms with E-state index in [-0.39, 0.29) is 6.03 Å². The summed E-state index contributed by atoms with van der Waals surface area (Å²) in [7, 11) is 2.95. The van der Waals surface area contributed by atoms with Crippen molar-refractivity contribution >= 4 is 11.7 Å². The first-order chi connectivity index (χ1) is 6.24. The molecule has 1 aromatic heterocycles. The van der Waals surface area contributed by atoms with E-state index in [0.29, 0.717) is 5.69 Å². The van der Waals surface area contributed by atoms with Crippen LogP contribution in [0.15, 0.2) is 24.5 Å². The van der Waals surface area contributed by atoms with E-state index in [4.69, 9.17) is 0 Å². The molecule has 5 nitrogen and oxygen atoms in total. The Bertz CT molecular complexity index is 276. The molecule has 13 heavy (non-hydrogen) atoms. The first kappa shape index (κ1) is 9.47. The van der Waals surface area contributed by atoms with Gasteiger partial charge in [-0.1, -0.05) is 0 Å². The lowest BCUT2D eigenvalue weighted by Gasteiger charge is -2.14. The number of amides is 2. The number of nitrogens with zero attached hydrogens (tertiary/aromatic N) is 2. The number of nitrogens with one attached hydrogen (secondary N) is 1. The molecule has 0 bridgehead atoms. The molecule has 0 aliphatic carbocycles. The molecule has 0 spiro atoms. The van der Waals surface area contributed by atoms with E-state index in [1.807, 2.05) is 0 Å². The summed E-state index contributed by atoms with van der Waals surface area (Å²) in [4.78, 5) is 19.7. The summed E-state index contributed by atoms with van der Waals surface area (Å²) in [5.41, 5.74) is 0.684. The molecule has 1 rings (SSSR count). The number of urea groups is 1. The lowest BCUT2D eigenvalue weighted by atomic mass is 10.4. The van der Waals surface area contributed by atoms with Crippen LogP contribution in [0.5, 0.6) is 0 Å². The lowest BCUT2D eigenvalue weighted by molar-refractivity contribution is -0.0598. The lowest BCUT2D eigenvalue weighted by Crippen LogP contribution is -2.30. The van der Waals surface area contributed by atoms with Crippen LogP contribution >= 0.6 is 0 Å². The minimum absolute atomic E-state index is 0.325. The van der Waals surface area contributed by atoms with Gasteiger partial charge >= 0.3 is 6.03 Å². The summed E-state index contributed by atoms with van der Waals surface area (Å²) in [6, 6.07) is 3.07. The molecular weight excluding hydrogens is 170 g/mol. The Morgan fingerprint density at radius 3 is 2.69 bits per heavy atom. The molecular formula is C8H11N3O2. The van der Waals surface area contributed by atoms with Crippen LogP contribution in [0.1, 0.15) is 0 Å². The molecule has 70 valence electrons. The van der Waals surface area contributed by atoms with Crippen molar-refractivity contribution in [3.05, 3.63) is 24.5 Å². The Morgan fingerprint density at radius 2 is 2.15 bits per heavy atom. The van der Waals surface area contributed by atoms with Gasteiger partial charge < -0.3 is 5.32 Å². The molecule has 1 aromatic rings. The highest BCUT2D eigenvalue weighted by Crippen LogP contribution is 2.03. The standard InChI is InChI=1S/C8H11N3O2/c1-11(13-2)8(12)10-7-3-5-9-6-4-7/h3-6H,1-2H3,(H,9,10,12). The molecule has 2 amide bonds. The zero-order valence-electron chi connectivity index (χ0n) is 7.52. The molecule has 0 saturated carbocycles. The Labute approximate surface area is 76.3 Å². The number of hydrogen-bond acceptors (Lipinski definition) is 3. The number of pyridine rings is 1. The van der Waals surface area contributed by atoms with E-state index in [9.17, 15) is 4.79 Å². The quantitative estimate of drug-likeness (QED) is 0.695. The van der Waals surface area contributed by atoms with Crippen LogP contribution < -0.4 is 5.32 Å². The predicted molar refractivity (Wildman–Crippen MR) is 48.0 cm³/mol. The molecule has 0 saturated heterocycles. The van der Waals surface area contributed by atoms with Crippen LogP contribution in [0.3, 0.4) is 0 Å². The summed E-state index contributed by atoms with van der Waals surface area (Å²) in [6.07, 6.45) is 3.20. The van der Waals surface area contributed by atoms with E-state index < -0.39 is 0 Å². The van der Waals surface area contributed by atoms with Gasteiger partial charge in [0.2, 0.25) is 0 Å². The molecule has 0 aliphatic rings. The van der Waals surface area contributed by atoms with E-state index in [0.717, 1.165) is 5.06 Å². The van der Waals surface area contributed by atoms with Gasteiger partial charge in [-0.2, -0.15) is 0 Å². The maximum Gasteiger partial charge on any atom is 0.345 e. The van der Waals surface area contributed by atoms with Crippen molar-refractivity contribution in [3.63, 3.8) is 0 Å². The smallest absolute Gasteiger partial charge is 0.306 e. The van der Waals surface area contributed by atoms with Gasteiger partial charge in [0, 0.05) is 25.1 Å². The van der Waals surface area contributed by atoms with Crippen molar-refractivity contribution in [1.29, 1.82) is 0 Å². The predicted octanol–water partition coefficient (Wildman–Crippen LogP) is 1.11. The number of hydrogen-bond donors (Lipinski definition) is 1. The average Bonchev–Trinajstić information content (AvgIpc) is 2.18. The van der Waals surface area contributed by atoms with Gasteiger partial charge in [-0.15, -0.1) is 0 Å². The molecule has 0 radical (unpaired) electrons. The summed E-state index contributed by atoms with van der Waals surface area (Å²) < 4.78 is 0. The summed E-state index contributed by atoms with van der Waals surface area (Å²) in [6.45, 7) is 0. The topological polar surface area (TPSA) is 54.5 Å². The fourth-order valence-electron chi connectivity index (χ4n) is 0.720. The number of rotatable bonds is 2.